The van der Waals surface area contributed by atoms with Gasteiger partial charge in [0.05, 0.1) is 0 Å². The molecule has 0 heteroatoms. The lowest BCUT2D eigenvalue weighted by atomic mass is 9.92. The summed E-state index contributed by atoms with van der Waals surface area (Å²) in [5.41, 5.74) is 0. The molecule has 0 spiro atoms. The minimum atomic E-state index is 0.892. The summed E-state index contributed by atoms with van der Waals surface area (Å²) >= 11 is 0. The summed E-state index contributed by atoms with van der Waals surface area (Å²) < 4.78 is 0. The topological polar surface area (TPSA) is 0 Å². The van der Waals surface area contributed by atoms with Crippen LogP contribution in [-0.2, 0) is 0 Å². The SMILES string of the molecule is CCCCCCCCCCCCCCCCC(C)CCCC(C)CCCCCCCCCC(C)C. The Labute approximate surface area is 225 Å². The molecule has 0 aliphatic rings. The van der Waals surface area contributed by atoms with Crippen molar-refractivity contribution in [2.45, 2.75) is 208 Å². The molecule has 0 aliphatic carbocycles. The van der Waals surface area contributed by atoms with E-state index in [1.165, 1.54) is 173 Å². The highest BCUT2D eigenvalue weighted by Crippen LogP contribution is 2.22. The first-order valence-electron chi connectivity index (χ1n) is 17.1. The molecule has 0 heterocycles. The zero-order valence-electron chi connectivity index (χ0n) is 25.8. The van der Waals surface area contributed by atoms with E-state index in [1.807, 2.05) is 0 Å². The van der Waals surface area contributed by atoms with E-state index in [0.717, 1.165) is 17.8 Å². The molecule has 0 bridgehead atoms. The monoisotopic (exact) mass is 493 g/mol. The van der Waals surface area contributed by atoms with E-state index < -0.39 is 0 Å². The molecule has 0 aliphatic heterocycles. The molecule has 0 aromatic rings. The van der Waals surface area contributed by atoms with Crippen molar-refractivity contribution in [2.75, 3.05) is 0 Å². The van der Waals surface area contributed by atoms with Gasteiger partial charge in [-0.05, 0) is 17.8 Å². The van der Waals surface area contributed by atoms with Crippen molar-refractivity contribution in [3.05, 3.63) is 0 Å². The zero-order valence-corrected chi connectivity index (χ0v) is 25.8. The largest absolute Gasteiger partial charge is 0.0654 e. The number of rotatable bonds is 29. The normalized spacial score (nSPS) is 13.5. The molecule has 0 saturated heterocycles. The summed E-state index contributed by atoms with van der Waals surface area (Å²) in [7, 11) is 0. The summed E-state index contributed by atoms with van der Waals surface area (Å²) in [6.07, 6.45) is 39.7. The third kappa shape index (κ3) is 30.1. The van der Waals surface area contributed by atoms with E-state index in [2.05, 4.69) is 34.6 Å². The van der Waals surface area contributed by atoms with Crippen LogP contribution < -0.4 is 0 Å². The minimum absolute atomic E-state index is 0.892. The lowest BCUT2D eigenvalue weighted by Gasteiger charge is -2.14. The molecule has 35 heavy (non-hydrogen) atoms. The second kappa shape index (κ2) is 28.6. The highest BCUT2D eigenvalue weighted by Gasteiger charge is 2.06. The lowest BCUT2D eigenvalue weighted by Crippen LogP contribution is -1.99. The zero-order chi connectivity index (χ0) is 25.8. The Balaban J connectivity index is 3.27. The summed E-state index contributed by atoms with van der Waals surface area (Å²) in [5, 5.41) is 0. The summed E-state index contributed by atoms with van der Waals surface area (Å²) in [6.45, 7) is 12.0. The maximum Gasteiger partial charge on any atom is -0.0443 e. The lowest BCUT2D eigenvalue weighted by molar-refractivity contribution is 0.390. The third-order valence-electron chi connectivity index (χ3n) is 8.42. The van der Waals surface area contributed by atoms with E-state index in [0.29, 0.717) is 0 Å². The fourth-order valence-corrected chi connectivity index (χ4v) is 5.72. The fraction of sp³-hybridized carbons (Fsp3) is 1.00. The van der Waals surface area contributed by atoms with Crippen LogP contribution in [0.15, 0.2) is 0 Å². The standard InChI is InChI=1S/C35H72/c1-6-7-8-9-10-11-12-13-14-15-16-19-22-25-29-34(4)31-27-32-35(5)30-26-23-20-17-18-21-24-28-33(2)3/h33-35H,6-32H2,1-5H3. The smallest absolute Gasteiger partial charge is 0.0443 e. The van der Waals surface area contributed by atoms with Crippen LogP contribution in [0.2, 0.25) is 0 Å². The van der Waals surface area contributed by atoms with Gasteiger partial charge in [0.25, 0.3) is 0 Å². The number of unbranched alkanes of at least 4 members (excludes halogenated alkanes) is 19. The van der Waals surface area contributed by atoms with Gasteiger partial charge < -0.3 is 0 Å². The highest BCUT2D eigenvalue weighted by molar-refractivity contribution is 4.60. The molecule has 0 fully saturated rings. The summed E-state index contributed by atoms with van der Waals surface area (Å²) in [6, 6.07) is 0. The van der Waals surface area contributed by atoms with Crippen molar-refractivity contribution >= 4 is 0 Å². The van der Waals surface area contributed by atoms with Crippen molar-refractivity contribution < 1.29 is 0 Å². The first-order chi connectivity index (χ1) is 17.1. The second-order valence-electron chi connectivity index (χ2n) is 13.0. The molecular weight excluding hydrogens is 420 g/mol. The molecule has 0 radical (unpaired) electrons. The van der Waals surface area contributed by atoms with Crippen LogP contribution >= 0.6 is 0 Å². The van der Waals surface area contributed by atoms with Gasteiger partial charge in [-0.1, -0.05) is 208 Å². The van der Waals surface area contributed by atoms with Gasteiger partial charge in [0.15, 0.2) is 0 Å². The van der Waals surface area contributed by atoms with E-state index in [-0.39, 0.29) is 0 Å². The van der Waals surface area contributed by atoms with Crippen molar-refractivity contribution in [1.29, 1.82) is 0 Å². The maximum atomic E-state index is 2.51. The van der Waals surface area contributed by atoms with Crippen LogP contribution in [0.5, 0.6) is 0 Å². The quantitative estimate of drug-likeness (QED) is 0.0910. The molecule has 0 aromatic carbocycles. The van der Waals surface area contributed by atoms with Gasteiger partial charge in [-0.25, -0.2) is 0 Å². The average Bonchev–Trinajstić information content (AvgIpc) is 2.83. The molecule has 0 nitrogen and oxygen atoms in total. The van der Waals surface area contributed by atoms with Gasteiger partial charge in [0, 0.05) is 0 Å². The van der Waals surface area contributed by atoms with Crippen LogP contribution in [0.1, 0.15) is 208 Å². The Kier molecular flexibility index (Phi) is 28.6. The van der Waals surface area contributed by atoms with Gasteiger partial charge in [0.2, 0.25) is 0 Å². The second-order valence-corrected chi connectivity index (χ2v) is 13.0. The van der Waals surface area contributed by atoms with Crippen molar-refractivity contribution in [3.8, 4) is 0 Å². The van der Waals surface area contributed by atoms with E-state index in [1.54, 1.807) is 0 Å². The molecule has 2 unspecified atom stereocenters. The highest BCUT2D eigenvalue weighted by atomic mass is 14.1. The number of hydrogen-bond donors (Lipinski definition) is 0. The predicted molar refractivity (Wildman–Crippen MR) is 163 cm³/mol. The van der Waals surface area contributed by atoms with Gasteiger partial charge in [-0.15, -0.1) is 0 Å². The molecule has 0 amide bonds. The average molecular weight is 493 g/mol. The Morgan fingerprint density at radius 1 is 0.286 bits per heavy atom. The van der Waals surface area contributed by atoms with Crippen LogP contribution in [0.4, 0.5) is 0 Å². The first-order valence-corrected chi connectivity index (χ1v) is 17.1. The van der Waals surface area contributed by atoms with Crippen LogP contribution in [0, 0.1) is 17.8 Å². The molecule has 212 valence electrons. The predicted octanol–water partition coefficient (Wildman–Crippen LogP) is 13.5. The fourth-order valence-electron chi connectivity index (χ4n) is 5.72. The third-order valence-corrected chi connectivity index (χ3v) is 8.42. The van der Waals surface area contributed by atoms with E-state index in [4.69, 9.17) is 0 Å². The summed E-state index contributed by atoms with van der Waals surface area (Å²) in [5.74, 6) is 2.80. The molecular formula is C35H72. The van der Waals surface area contributed by atoms with Crippen LogP contribution in [0.3, 0.4) is 0 Å². The van der Waals surface area contributed by atoms with Gasteiger partial charge in [0.1, 0.15) is 0 Å². The van der Waals surface area contributed by atoms with Crippen LogP contribution in [-0.4, -0.2) is 0 Å². The Morgan fingerprint density at radius 2 is 0.543 bits per heavy atom. The molecule has 0 saturated carbocycles. The minimum Gasteiger partial charge on any atom is -0.0654 e. The van der Waals surface area contributed by atoms with E-state index >= 15 is 0 Å². The van der Waals surface area contributed by atoms with Crippen molar-refractivity contribution in [3.63, 3.8) is 0 Å². The Morgan fingerprint density at radius 3 is 0.857 bits per heavy atom. The Hall–Kier alpha value is 0. The first kappa shape index (κ1) is 35.0. The number of hydrogen-bond acceptors (Lipinski definition) is 0. The molecule has 0 N–H and O–H groups in total. The molecule has 0 rings (SSSR count). The summed E-state index contributed by atoms with van der Waals surface area (Å²) in [4.78, 5) is 0. The Bertz CT molecular complexity index is 370. The van der Waals surface area contributed by atoms with Gasteiger partial charge >= 0.3 is 0 Å². The van der Waals surface area contributed by atoms with Gasteiger partial charge in [-0.2, -0.15) is 0 Å². The van der Waals surface area contributed by atoms with Crippen molar-refractivity contribution in [2.24, 2.45) is 17.8 Å². The van der Waals surface area contributed by atoms with Crippen LogP contribution in [0.25, 0.3) is 0 Å². The van der Waals surface area contributed by atoms with Gasteiger partial charge in [-0.3, -0.25) is 0 Å². The molecule has 2 atom stereocenters. The maximum absolute atomic E-state index is 2.51. The molecule has 0 aromatic heterocycles. The van der Waals surface area contributed by atoms with E-state index in [9.17, 15) is 0 Å². The van der Waals surface area contributed by atoms with Crippen molar-refractivity contribution in [1.82, 2.24) is 0 Å².